The van der Waals surface area contributed by atoms with Crippen LogP contribution in [0.4, 0.5) is 0 Å². The molecule has 0 bridgehead atoms. The Morgan fingerprint density at radius 3 is 2.79 bits per heavy atom. The maximum atomic E-state index is 5.72. The molecule has 1 aliphatic carbocycles. The molecule has 1 fully saturated rings. The molecule has 0 aromatic heterocycles. The summed E-state index contributed by atoms with van der Waals surface area (Å²) in [6.07, 6.45) is 2.67. The van der Waals surface area contributed by atoms with E-state index in [-0.39, 0.29) is 0 Å². The molecule has 1 N–H and O–H groups in total. The highest BCUT2D eigenvalue weighted by molar-refractivity contribution is 5.79. The van der Waals surface area contributed by atoms with Crippen molar-refractivity contribution in [2.75, 3.05) is 40.5 Å². The third-order valence-corrected chi connectivity index (χ3v) is 4.19. The van der Waals surface area contributed by atoms with Crippen LogP contribution in [0.5, 0.6) is 5.75 Å². The van der Waals surface area contributed by atoms with Gasteiger partial charge in [0.05, 0.1) is 20.3 Å². The van der Waals surface area contributed by atoms with E-state index in [0.717, 1.165) is 49.5 Å². The zero-order valence-corrected chi connectivity index (χ0v) is 15.5. The van der Waals surface area contributed by atoms with Crippen LogP contribution in [0.15, 0.2) is 23.2 Å². The summed E-state index contributed by atoms with van der Waals surface area (Å²) in [6.45, 7) is 8.16. The van der Waals surface area contributed by atoms with Crippen LogP contribution in [-0.4, -0.2) is 51.3 Å². The number of hydrogen-bond donors (Lipinski definition) is 1. The molecule has 2 rings (SSSR count). The molecule has 24 heavy (non-hydrogen) atoms. The molecule has 1 aromatic rings. The van der Waals surface area contributed by atoms with Gasteiger partial charge in [0.2, 0.25) is 0 Å². The second kappa shape index (κ2) is 9.52. The minimum Gasteiger partial charge on any atom is -0.496 e. The fourth-order valence-corrected chi connectivity index (χ4v) is 2.52. The Kier molecular flexibility index (Phi) is 7.37. The monoisotopic (exact) mass is 333 g/mol. The SMILES string of the molecule is CCNC(=NCc1ccc(OC)c(C)c1)N(C)CCOCC1CC1. The van der Waals surface area contributed by atoms with Gasteiger partial charge >= 0.3 is 0 Å². The Hall–Kier alpha value is -1.75. The summed E-state index contributed by atoms with van der Waals surface area (Å²) < 4.78 is 11.0. The van der Waals surface area contributed by atoms with E-state index in [9.17, 15) is 0 Å². The normalized spacial score (nSPS) is 14.6. The van der Waals surface area contributed by atoms with Crippen molar-refractivity contribution >= 4 is 5.96 Å². The van der Waals surface area contributed by atoms with Gasteiger partial charge in [-0.15, -0.1) is 0 Å². The van der Waals surface area contributed by atoms with Gasteiger partial charge in [0, 0.05) is 26.7 Å². The van der Waals surface area contributed by atoms with Crippen LogP contribution >= 0.6 is 0 Å². The first-order valence-corrected chi connectivity index (χ1v) is 8.84. The summed E-state index contributed by atoms with van der Waals surface area (Å²) in [5.74, 6) is 2.65. The molecular weight excluding hydrogens is 302 g/mol. The molecule has 0 heterocycles. The third kappa shape index (κ3) is 6.04. The molecule has 5 heteroatoms. The predicted octanol–water partition coefficient (Wildman–Crippen LogP) is 2.83. The average Bonchev–Trinajstić information content (AvgIpc) is 3.39. The molecule has 0 spiro atoms. The van der Waals surface area contributed by atoms with Crippen LogP contribution in [0.1, 0.15) is 30.9 Å². The lowest BCUT2D eigenvalue weighted by Gasteiger charge is -2.22. The van der Waals surface area contributed by atoms with Gasteiger partial charge in [0.15, 0.2) is 5.96 Å². The summed E-state index contributed by atoms with van der Waals surface area (Å²) in [5, 5.41) is 3.35. The molecule has 0 aliphatic heterocycles. The van der Waals surface area contributed by atoms with Crippen molar-refractivity contribution in [3.05, 3.63) is 29.3 Å². The van der Waals surface area contributed by atoms with E-state index in [4.69, 9.17) is 14.5 Å². The zero-order chi connectivity index (χ0) is 17.4. The fraction of sp³-hybridized carbons (Fsp3) is 0.632. The van der Waals surface area contributed by atoms with Crippen molar-refractivity contribution in [3.63, 3.8) is 0 Å². The summed E-state index contributed by atoms with van der Waals surface area (Å²) in [4.78, 5) is 6.87. The zero-order valence-electron chi connectivity index (χ0n) is 15.5. The Morgan fingerprint density at radius 1 is 1.38 bits per heavy atom. The number of ether oxygens (including phenoxy) is 2. The van der Waals surface area contributed by atoms with Gasteiger partial charge in [0.25, 0.3) is 0 Å². The van der Waals surface area contributed by atoms with E-state index in [1.54, 1.807) is 7.11 Å². The smallest absolute Gasteiger partial charge is 0.194 e. The number of rotatable bonds is 9. The van der Waals surface area contributed by atoms with E-state index in [1.165, 1.54) is 18.4 Å². The minimum atomic E-state index is 0.653. The first kappa shape index (κ1) is 18.6. The van der Waals surface area contributed by atoms with Crippen LogP contribution in [0.25, 0.3) is 0 Å². The highest BCUT2D eigenvalue weighted by atomic mass is 16.5. The van der Waals surface area contributed by atoms with Gasteiger partial charge < -0.3 is 19.7 Å². The summed E-state index contributed by atoms with van der Waals surface area (Å²) in [5.41, 5.74) is 2.32. The average molecular weight is 333 g/mol. The number of nitrogens with zero attached hydrogens (tertiary/aromatic N) is 2. The van der Waals surface area contributed by atoms with Crippen LogP contribution < -0.4 is 10.1 Å². The maximum Gasteiger partial charge on any atom is 0.194 e. The van der Waals surface area contributed by atoms with Gasteiger partial charge in [-0.3, -0.25) is 0 Å². The first-order valence-electron chi connectivity index (χ1n) is 8.84. The number of nitrogens with one attached hydrogen (secondary N) is 1. The predicted molar refractivity (Wildman–Crippen MR) is 98.7 cm³/mol. The topological polar surface area (TPSA) is 46.1 Å². The summed E-state index contributed by atoms with van der Waals surface area (Å²) in [6, 6.07) is 6.20. The first-order chi connectivity index (χ1) is 11.6. The molecule has 134 valence electrons. The molecule has 1 saturated carbocycles. The van der Waals surface area contributed by atoms with Crippen LogP contribution in [-0.2, 0) is 11.3 Å². The fourth-order valence-electron chi connectivity index (χ4n) is 2.52. The van der Waals surface area contributed by atoms with E-state index in [1.807, 2.05) is 6.07 Å². The Morgan fingerprint density at radius 2 is 2.17 bits per heavy atom. The molecule has 0 atom stereocenters. The van der Waals surface area contributed by atoms with Crippen LogP contribution in [0.3, 0.4) is 0 Å². The maximum absolute atomic E-state index is 5.72. The number of aliphatic imine (C=N–C) groups is 1. The van der Waals surface area contributed by atoms with Gasteiger partial charge in [-0.2, -0.15) is 0 Å². The Labute approximate surface area is 146 Å². The van der Waals surface area contributed by atoms with Gasteiger partial charge in [-0.25, -0.2) is 4.99 Å². The summed E-state index contributed by atoms with van der Waals surface area (Å²) >= 11 is 0. The van der Waals surface area contributed by atoms with Crippen molar-refractivity contribution < 1.29 is 9.47 Å². The third-order valence-electron chi connectivity index (χ3n) is 4.19. The highest BCUT2D eigenvalue weighted by Gasteiger charge is 2.21. The lowest BCUT2D eigenvalue weighted by molar-refractivity contribution is 0.115. The van der Waals surface area contributed by atoms with Crippen LogP contribution in [0.2, 0.25) is 0 Å². The second-order valence-electron chi connectivity index (χ2n) is 6.41. The van der Waals surface area contributed by atoms with E-state index >= 15 is 0 Å². The van der Waals surface area contributed by atoms with Crippen molar-refractivity contribution in [1.82, 2.24) is 10.2 Å². The minimum absolute atomic E-state index is 0.653. The Balaban J connectivity index is 1.86. The molecule has 0 saturated heterocycles. The van der Waals surface area contributed by atoms with Gasteiger partial charge in [0.1, 0.15) is 5.75 Å². The molecule has 0 amide bonds. The molecule has 5 nitrogen and oxygen atoms in total. The van der Waals surface area contributed by atoms with Crippen molar-refractivity contribution in [1.29, 1.82) is 0 Å². The standard InChI is InChI=1S/C19H31N3O2/c1-5-20-19(22(3)10-11-24-14-16-6-7-16)21-13-17-8-9-18(23-4)15(2)12-17/h8-9,12,16H,5-7,10-11,13-14H2,1-4H3,(H,20,21). The molecule has 0 unspecified atom stereocenters. The Bertz CT molecular complexity index is 541. The number of aryl methyl sites for hydroxylation is 1. The van der Waals surface area contributed by atoms with E-state index in [0.29, 0.717) is 6.54 Å². The van der Waals surface area contributed by atoms with Crippen molar-refractivity contribution in [3.8, 4) is 5.75 Å². The highest BCUT2D eigenvalue weighted by Crippen LogP contribution is 2.28. The van der Waals surface area contributed by atoms with Crippen LogP contribution in [0, 0.1) is 12.8 Å². The quantitative estimate of drug-likeness (QED) is 0.429. The van der Waals surface area contributed by atoms with Gasteiger partial charge in [-0.1, -0.05) is 12.1 Å². The number of hydrogen-bond acceptors (Lipinski definition) is 3. The molecular formula is C19H31N3O2. The molecule has 1 aromatic carbocycles. The lowest BCUT2D eigenvalue weighted by Crippen LogP contribution is -2.40. The molecule has 1 aliphatic rings. The van der Waals surface area contributed by atoms with Crippen molar-refractivity contribution in [2.45, 2.75) is 33.2 Å². The lowest BCUT2D eigenvalue weighted by atomic mass is 10.1. The van der Waals surface area contributed by atoms with Gasteiger partial charge in [-0.05, 0) is 49.8 Å². The summed E-state index contributed by atoms with van der Waals surface area (Å²) in [7, 11) is 3.75. The molecule has 0 radical (unpaired) electrons. The number of likely N-dealkylation sites (N-methyl/N-ethyl adjacent to an activating group) is 1. The van der Waals surface area contributed by atoms with E-state index < -0.39 is 0 Å². The number of methoxy groups -OCH3 is 1. The largest absolute Gasteiger partial charge is 0.496 e. The second-order valence-corrected chi connectivity index (χ2v) is 6.41. The van der Waals surface area contributed by atoms with Crippen molar-refractivity contribution in [2.24, 2.45) is 10.9 Å². The number of guanidine groups is 1. The van der Waals surface area contributed by atoms with E-state index in [2.05, 4.69) is 43.2 Å². The number of benzene rings is 1.